The summed E-state index contributed by atoms with van der Waals surface area (Å²) in [5.41, 5.74) is -0.178. The quantitative estimate of drug-likeness (QED) is 0.238. The summed E-state index contributed by atoms with van der Waals surface area (Å²) >= 11 is 0. The van der Waals surface area contributed by atoms with E-state index in [1.165, 1.54) is 13.0 Å². The van der Waals surface area contributed by atoms with Gasteiger partial charge in [0.05, 0.1) is 28.2 Å². The molecule has 0 spiro atoms. The van der Waals surface area contributed by atoms with E-state index in [0.29, 0.717) is 12.2 Å². The van der Waals surface area contributed by atoms with Crippen molar-refractivity contribution in [3.8, 4) is 0 Å². The number of nitro groups is 2. The molecule has 0 saturated heterocycles. The van der Waals surface area contributed by atoms with Crippen LogP contribution >= 0.6 is 0 Å². The third-order valence-electron chi connectivity index (χ3n) is 4.29. The number of esters is 1. The molecule has 0 aliphatic heterocycles. The summed E-state index contributed by atoms with van der Waals surface area (Å²) in [7, 11) is 0. The Bertz CT molecular complexity index is 1100. The van der Waals surface area contributed by atoms with Gasteiger partial charge in [0, 0.05) is 25.2 Å². The molecule has 0 radical (unpaired) electrons. The number of anilines is 2. The largest absolute Gasteiger partial charge is 0.465 e. The number of nitrogens with zero attached hydrogens (tertiary/aromatic N) is 5. The van der Waals surface area contributed by atoms with Crippen LogP contribution in [0.1, 0.15) is 20.8 Å². The van der Waals surface area contributed by atoms with Gasteiger partial charge in [0.1, 0.15) is 12.2 Å². The molecule has 0 unspecified atom stereocenters. The number of rotatable bonds is 10. The molecule has 1 amide bonds. The lowest BCUT2D eigenvalue weighted by Gasteiger charge is -2.23. The van der Waals surface area contributed by atoms with E-state index in [1.54, 1.807) is 24.0 Å². The Labute approximate surface area is 188 Å². The minimum absolute atomic E-state index is 0.000292. The molecule has 0 fully saturated rings. The van der Waals surface area contributed by atoms with Gasteiger partial charge in [0.15, 0.2) is 5.69 Å². The minimum atomic E-state index is -0.798. The summed E-state index contributed by atoms with van der Waals surface area (Å²) < 4.78 is 4.97. The molecule has 33 heavy (non-hydrogen) atoms. The predicted octanol–water partition coefficient (Wildman–Crippen LogP) is 4.27. The van der Waals surface area contributed by atoms with Gasteiger partial charge in [0.25, 0.3) is 5.69 Å². The van der Waals surface area contributed by atoms with E-state index in [4.69, 9.17) is 4.74 Å². The second-order valence-electron chi connectivity index (χ2n) is 6.59. The Hall–Kier alpha value is -4.42. The smallest absolute Gasteiger partial charge is 0.325 e. The molecule has 0 heterocycles. The Balaban J connectivity index is 2.43. The first kappa shape index (κ1) is 24.8. The van der Waals surface area contributed by atoms with Crippen molar-refractivity contribution in [1.82, 2.24) is 0 Å². The molecule has 1 N–H and O–H groups in total. The highest BCUT2D eigenvalue weighted by Gasteiger charge is 2.20. The SMILES string of the molecule is CCOC(=O)CN(CC)c1ccc(N=Nc2ccc([N+](=O)[O-])cc2[N+](=O)[O-])c(NC(C)=O)c1. The van der Waals surface area contributed by atoms with Gasteiger partial charge >= 0.3 is 11.7 Å². The molecular weight excluding hydrogens is 436 g/mol. The number of carbonyl (C=O) groups excluding carboxylic acids is 2. The Kier molecular flexibility index (Phi) is 8.49. The fourth-order valence-corrected chi connectivity index (χ4v) is 2.81. The van der Waals surface area contributed by atoms with E-state index in [9.17, 15) is 29.8 Å². The number of ether oxygens (including phenoxy) is 1. The minimum Gasteiger partial charge on any atom is -0.465 e. The summed E-state index contributed by atoms with van der Waals surface area (Å²) in [6.45, 7) is 5.58. The van der Waals surface area contributed by atoms with Crippen LogP contribution in [0.15, 0.2) is 46.6 Å². The normalized spacial score (nSPS) is 10.6. The summed E-state index contributed by atoms with van der Waals surface area (Å²) in [6, 6.07) is 7.74. The lowest BCUT2D eigenvalue weighted by molar-refractivity contribution is -0.393. The number of benzene rings is 2. The number of amides is 1. The number of likely N-dealkylation sites (N-methyl/N-ethyl adjacent to an activating group) is 1. The topological polar surface area (TPSA) is 170 Å². The van der Waals surface area contributed by atoms with Crippen molar-refractivity contribution in [3.63, 3.8) is 0 Å². The zero-order valence-electron chi connectivity index (χ0n) is 18.2. The van der Waals surface area contributed by atoms with Crippen LogP contribution in [0.5, 0.6) is 0 Å². The van der Waals surface area contributed by atoms with E-state index < -0.39 is 33.1 Å². The van der Waals surface area contributed by atoms with Crippen LogP contribution in [0.25, 0.3) is 0 Å². The lowest BCUT2D eigenvalue weighted by atomic mass is 10.2. The van der Waals surface area contributed by atoms with Crippen molar-refractivity contribution in [2.45, 2.75) is 20.8 Å². The standard InChI is InChI=1S/C20H22N6O7/c1-4-24(12-20(28)33-5-2)14-6-8-16(18(10-14)21-13(3)27)22-23-17-9-7-15(25(29)30)11-19(17)26(31)32/h6-11H,4-5,12H2,1-3H3,(H,21,27). The molecule has 0 bridgehead atoms. The number of nitrogens with one attached hydrogen (secondary N) is 1. The number of non-ortho nitro benzene ring substituents is 1. The van der Waals surface area contributed by atoms with E-state index >= 15 is 0 Å². The lowest BCUT2D eigenvalue weighted by Crippen LogP contribution is -2.30. The number of azo groups is 1. The van der Waals surface area contributed by atoms with Gasteiger partial charge in [-0.05, 0) is 38.1 Å². The predicted molar refractivity (Wildman–Crippen MR) is 119 cm³/mol. The highest BCUT2D eigenvalue weighted by Crippen LogP contribution is 2.35. The Morgan fingerprint density at radius 3 is 2.27 bits per heavy atom. The maximum Gasteiger partial charge on any atom is 0.325 e. The number of hydrogen-bond donors (Lipinski definition) is 1. The van der Waals surface area contributed by atoms with Gasteiger partial charge in [-0.25, -0.2) is 0 Å². The second kappa shape index (κ2) is 11.3. The molecule has 13 heteroatoms. The third-order valence-corrected chi connectivity index (χ3v) is 4.29. The van der Waals surface area contributed by atoms with Crippen molar-refractivity contribution >= 4 is 46.0 Å². The molecule has 0 aromatic heterocycles. The maximum absolute atomic E-state index is 11.9. The first-order chi connectivity index (χ1) is 15.7. The summed E-state index contributed by atoms with van der Waals surface area (Å²) in [4.78, 5) is 45.9. The maximum atomic E-state index is 11.9. The summed E-state index contributed by atoms with van der Waals surface area (Å²) in [5, 5.41) is 32.6. The van der Waals surface area contributed by atoms with Crippen molar-refractivity contribution in [2.24, 2.45) is 10.2 Å². The van der Waals surface area contributed by atoms with Gasteiger partial charge in [0.2, 0.25) is 5.91 Å². The van der Waals surface area contributed by atoms with Crippen LogP contribution in [0.3, 0.4) is 0 Å². The van der Waals surface area contributed by atoms with Crippen LogP contribution in [0.2, 0.25) is 0 Å². The van der Waals surface area contributed by atoms with Crippen LogP contribution in [0.4, 0.5) is 34.1 Å². The fraction of sp³-hybridized carbons (Fsp3) is 0.300. The van der Waals surface area contributed by atoms with Crippen molar-refractivity contribution in [1.29, 1.82) is 0 Å². The van der Waals surface area contributed by atoms with Gasteiger partial charge < -0.3 is 15.0 Å². The van der Waals surface area contributed by atoms with Gasteiger partial charge in [-0.2, -0.15) is 0 Å². The highest BCUT2D eigenvalue weighted by molar-refractivity contribution is 5.93. The molecule has 13 nitrogen and oxygen atoms in total. The zero-order chi connectivity index (χ0) is 24.5. The van der Waals surface area contributed by atoms with Crippen LogP contribution in [-0.4, -0.2) is 41.4 Å². The first-order valence-corrected chi connectivity index (χ1v) is 9.83. The average molecular weight is 458 g/mol. The van der Waals surface area contributed by atoms with Crippen molar-refractivity contribution < 1.29 is 24.2 Å². The van der Waals surface area contributed by atoms with Gasteiger partial charge in [-0.1, -0.05) is 0 Å². The number of nitro benzene ring substituents is 2. The van der Waals surface area contributed by atoms with E-state index in [1.807, 2.05) is 6.92 Å². The Morgan fingerprint density at radius 1 is 1.03 bits per heavy atom. The monoisotopic (exact) mass is 458 g/mol. The fourth-order valence-electron chi connectivity index (χ4n) is 2.81. The molecule has 2 rings (SSSR count). The van der Waals surface area contributed by atoms with Crippen LogP contribution < -0.4 is 10.2 Å². The van der Waals surface area contributed by atoms with E-state index in [-0.39, 0.29) is 30.2 Å². The number of carbonyl (C=O) groups is 2. The third kappa shape index (κ3) is 6.78. The molecule has 0 saturated carbocycles. The van der Waals surface area contributed by atoms with Crippen LogP contribution in [-0.2, 0) is 14.3 Å². The molecule has 174 valence electrons. The second-order valence-corrected chi connectivity index (χ2v) is 6.59. The highest BCUT2D eigenvalue weighted by atomic mass is 16.6. The average Bonchev–Trinajstić information content (AvgIpc) is 2.76. The molecule has 0 aliphatic rings. The van der Waals surface area contributed by atoms with E-state index in [2.05, 4.69) is 15.5 Å². The molecule has 2 aromatic rings. The van der Waals surface area contributed by atoms with Gasteiger partial charge in [-0.15, -0.1) is 10.2 Å². The Morgan fingerprint density at radius 2 is 1.70 bits per heavy atom. The van der Waals surface area contributed by atoms with Gasteiger partial charge in [-0.3, -0.25) is 29.8 Å². The number of hydrogen-bond acceptors (Lipinski definition) is 10. The van der Waals surface area contributed by atoms with Crippen LogP contribution in [0, 0.1) is 20.2 Å². The van der Waals surface area contributed by atoms with E-state index in [0.717, 1.165) is 18.2 Å². The molecular formula is C20H22N6O7. The first-order valence-electron chi connectivity index (χ1n) is 9.83. The molecule has 2 aromatic carbocycles. The molecule has 0 aliphatic carbocycles. The summed E-state index contributed by atoms with van der Waals surface area (Å²) in [6.07, 6.45) is 0. The van der Waals surface area contributed by atoms with Crippen molar-refractivity contribution in [3.05, 3.63) is 56.6 Å². The summed E-state index contributed by atoms with van der Waals surface area (Å²) in [5.74, 6) is -0.798. The molecule has 0 atom stereocenters. The zero-order valence-corrected chi connectivity index (χ0v) is 18.2. The van der Waals surface area contributed by atoms with Crippen molar-refractivity contribution in [2.75, 3.05) is 29.9 Å².